The average Bonchev–Trinajstić information content (AvgIpc) is 3.00. The summed E-state index contributed by atoms with van der Waals surface area (Å²) in [7, 11) is 1.31. The number of amides is 1. The van der Waals surface area contributed by atoms with Crippen LogP contribution < -0.4 is 5.32 Å². The maximum absolute atomic E-state index is 11.9. The molecule has 0 bridgehead atoms. The second-order valence-corrected chi connectivity index (χ2v) is 4.88. The molecule has 2 N–H and O–H groups in total. The van der Waals surface area contributed by atoms with Gasteiger partial charge in [0, 0.05) is 23.9 Å². The number of ether oxygens (including phenoxy) is 2. The molecule has 7 heteroatoms. The Kier molecular flexibility index (Phi) is 5.74. The molecule has 0 aliphatic rings. The highest BCUT2D eigenvalue weighted by molar-refractivity contribution is 5.95. The van der Waals surface area contributed by atoms with Gasteiger partial charge in [0.15, 0.2) is 6.61 Å². The van der Waals surface area contributed by atoms with E-state index >= 15 is 0 Å². The Balaban J connectivity index is 1.73. The Morgan fingerprint density at radius 1 is 1.22 bits per heavy atom. The minimum Gasteiger partial charge on any atom is -0.469 e. The second-order valence-electron chi connectivity index (χ2n) is 4.88. The van der Waals surface area contributed by atoms with E-state index in [1.807, 2.05) is 24.3 Å². The summed E-state index contributed by atoms with van der Waals surface area (Å²) >= 11 is 0. The van der Waals surface area contributed by atoms with Gasteiger partial charge in [-0.3, -0.25) is 9.59 Å². The largest absolute Gasteiger partial charge is 0.469 e. The number of fused-ring (bicyclic) bond motifs is 1. The molecule has 122 valence electrons. The molecule has 1 aromatic heterocycles. The summed E-state index contributed by atoms with van der Waals surface area (Å²) in [4.78, 5) is 37.3. The molecule has 2 aromatic rings. The highest BCUT2D eigenvalue weighted by Crippen LogP contribution is 2.15. The minimum atomic E-state index is -0.592. The van der Waals surface area contributed by atoms with Crippen LogP contribution in [0.1, 0.15) is 23.3 Å². The molecule has 1 aromatic carbocycles. The van der Waals surface area contributed by atoms with Crippen LogP contribution in [0.2, 0.25) is 0 Å². The monoisotopic (exact) mass is 318 g/mol. The average molecular weight is 318 g/mol. The van der Waals surface area contributed by atoms with Crippen molar-refractivity contribution in [3.63, 3.8) is 0 Å². The first-order valence-electron chi connectivity index (χ1n) is 7.18. The van der Waals surface area contributed by atoms with E-state index < -0.39 is 11.9 Å². The molecule has 0 unspecified atom stereocenters. The van der Waals surface area contributed by atoms with Crippen LogP contribution in [0.4, 0.5) is 0 Å². The maximum Gasteiger partial charge on any atom is 0.355 e. The lowest BCUT2D eigenvalue weighted by Gasteiger charge is -2.05. The zero-order valence-corrected chi connectivity index (χ0v) is 12.8. The van der Waals surface area contributed by atoms with Crippen LogP contribution in [-0.2, 0) is 19.1 Å². The lowest BCUT2D eigenvalue weighted by molar-refractivity contribution is -0.140. The summed E-state index contributed by atoms with van der Waals surface area (Å²) < 4.78 is 9.43. The first-order valence-corrected chi connectivity index (χ1v) is 7.18. The number of carbonyl (C=O) groups excluding carboxylic acids is 3. The molecule has 1 amide bonds. The highest BCUT2D eigenvalue weighted by atomic mass is 16.5. The van der Waals surface area contributed by atoms with Crippen molar-refractivity contribution in [1.82, 2.24) is 10.3 Å². The molecule has 0 spiro atoms. The van der Waals surface area contributed by atoms with Gasteiger partial charge in [-0.2, -0.15) is 0 Å². The van der Waals surface area contributed by atoms with Crippen molar-refractivity contribution < 1.29 is 23.9 Å². The van der Waals surface area contributed by atoms with Gasteiger partial charge in [-0.25, -0.2) is 4.79 Å². The number of H-pyrrole nitrogens is 1. The minimum absolute atomic E-state index is 0.228. The molecule has 0 fully saturated rings. The van der Waals surface area contributed by atoms with Crippen molar-refractivity contribution in [3.8, 4) is 0 Å². The number of nitrogens with one attached hydrogen (secondary N) is 2. The predicted octanol–water partition coefficient (Wildman–Crippen LogP) is 1.39. The number of esters is 2. The molecule has 0 radical (unpaired) electrons. The molecule has 2 rings (SSSR count). The van der Waals surface area contributed by atoms with Crippen LogP contribution in [0.5, 0.6) is 0 Å². The molecular weight excluding hydrogens is 300 g/mol. The van der Waals surface area contributed by atoms with Crippen molar-refractivity contribution >= 4 is 28.7 Å². The van der Waals surface area contributed by atoms with Crippen LogP contribution in [0, 0.1) is 0 Å². The van der Waals surface area contributed by atoms with Crippen LogP contribution >= 0.6 is 0 Å². The topological polar surface area (TPSA) is 97.5 Å². The zero-order valence-electron chi connectivity index (χ0n) is 12.8. The van der Waals surface area contributed by atoms with Gasteiger partial charge in [0.2, 0.25) is 0 Å². The molecule has 7 nitrogen and oxygen atoms in total. The molecule has 0 saturated carbocycles. The Morgan fingerprint density at radius 3 is 2.74 bits per heavy atom. The fourth-order valence-corrected chi connectivity index (χ4v) is 2.01. The fraction of sp³-hybridized carbons (Fsp3) is 0.312. The SMILES string of the molecule is COC(=O)CCCNC(=O)COC(=O)c1cc2ccccc2[nH]1. The normalized spacial score (nSPS) is 10.3. The van der Waals surface area contributed by atoms with Crippen molar-refractivity contribution in [2.45, 2.75) is 12.8 Å². The number of carbonyl (C=O) groups is 3. The summed E-state index contributed by atoms with van der Waals surface area (Å²) in [5.74, 6) is -1.34. The van der Waals surface area contributed by atoms with E-state index in [0.29, 0.717) is 18.7 Å². The third-order valence-electron chi connectivity index (χ3n) is 3.19. The van der Waals surface area contributed by atoms with Crippen molar-refractivity contribution in [1.29, 1.82) is 0 Å². The van der Waals surface area contributed by atoms with E-state index in [4.69, 9.17) is 4.74 Å². The van der Waals surface area contributed by atoms with Crippen LogP contribution in [0.3, 0.4) is 0 Å². The Hall–Kier alpha value is -2.83. The van der Waals surface area contributed by atoms with Crippen molar-refractivity contribution in [3.05, 3.63) is 36.0 Å². The summed E-state index contributed by atoms with van der Waals surface area (Å²) in [6, 6.07) is 9.12. The third kappa shape index (κ3) is 4.84. The quantitative estimate of drug-likeness (QED) is 0.594. The Labute approximate surface area is 133 Å². The van der Waals surface area contributed by atoms with E-state index in [1.54, 1.807) is 6.07 Å². The van der Waals surface area contributed by atoms with E-state index in [2.05, 4.69) is 15.0 Å². The zero-order chi connectivity index (χ0) is 16.7. The predicted molar refractivity (Wildman–Crippen MR) is 82.8 cm³/mol. The van der Waals surface area contributed by atoms with E-state index in [9.17, 15) is 14.4 Å². The second kappa shape index (κ2) is 7.98. The van der Waals surface area contributed by atoms with Gasteiger partial charge in [0.05, 0.1) is 7.11 Å². The van der Waals surface area contributed by atoms with Crippen molar-refractivity contribution in [2.24, 2.45) is 0 Å². The molecule has 0 saturated heterocycles. The van der Waals surface area contributed by atoms with Crippen LogP contribution in [-0.4, -0.2) is 43.1 Å². The van der Waals surface area contributed by atoms with Gasteiger partial charge in [-0.1, -0.05) is 18.2 Å². The number of hydrogen-bond acceptors (Lipinski definition) is 5. The summed E-state index contributed by atoms with van der Waals surface area (Å²) in [5, 5.41) is 3.46. The van der Waals surface area contributed by atoms with E-state index in [0.717, 1.165) is 10.9 Å². The number of hydrogen-bond donors (Lipinski definition) is 2. The van der Waals surface area contributed by atoms with E-state index in [1.165, 1.54) is 7.11 Å². The first kappa shape index (κ1) is 16.5. The lowest BCUT2D eigenvalue weighted by atomic mass is 10.2. The molecule has 0 aliphatic heterocycles. The fourth-order valence-electron chi connectivity index (χ4n) is 2.01. The van der Waals surface area contributed by atoms with Crippen molar-refractivity contribution in [2.75, 3.05) is 20.3 Å². The number of para-hydroxylation sites is 1. The molecular formula is C16H18N2O5. The standard InChI is InChI=1S/C16H18N2O5/c1-22-15(20)7-4-8-17-14(19)10-23-16(21)13-9-11-5-2-3-6-12(11)18-13/h2-3,5-6,9,18H,4,7-8,10H2,1H3,(H,17,19). The summed E-state index contributed by atoms with van der Waals surface area (Å²) in [5.41, 5.74) is 1.12. The van der Waals surface area contributed by atoms with Crippen LogP contribution in [0.15, 0.2) is 30.3 Å². The molecule has 1 heterocycles. The number of aromatic nitrogens is 1. The van der Waals surface area contributed by atoms with Crippen LogP contribution in [0.25, 0.3) is 10.9 Å². The molecule has 23 heavy (non-hydrogen) atoms. The smallest absolute Gasteiger partial charge is 0.355 e. The third-order valence-corrected chi connectivity index (χ3v) is 3.19. The number of benzene rings is 1. The summed E-state index contributed by atoms with van der Waals surface area (Å²) in [6.45, 7) is -0.0513. The van der Waals surface area contributed by atoms with Gasteiger partial charge >= 0.3 is 11.9 Å². The molecule has 0 atom stereocenters. The van der Waals surface area contributed by atoms with Gasteiger partial charge in [-0.05, 0) is 18.6 Å². The first-order chi connectivity index (χ1) is 11.1. The maximum atomic E-state index is 11.9. The summed E-state index contributed by atoms with van der Waals surface area (Å²) in [6.07, 6.45) is 0.694. The van der Waals surface area contributed by atoms with Gasteiger partial charge in [0.1, 0.15) is 5.69 Å². The number of aromatic amines is 1. The Bertz CT molecular complexity index is 674. The number of methoxy groups -OCH3 is 1. The van der Waals surface area contributed by atoms with E-state index in [-0.39, 0.29) is 19.0 Å². The lowest BCUT2D eigenvalue weighted by Crippen LogP contribution is -2.30. The highest BCUT2D eigenvalue weighted by Gasteiger charge is 2.12. The van der Waals surface area contributed by atoms with Gasteiger partial charge in [0.25, 0.3) is 5.91 Å². The molecule has 0 aliphatic carbocycles. The van der Waals surface area contributed by atoms with Gasteiger partial charge in [-0.15, -0.1) is 0 Å². The van der Waals surface area contributed by atoms with Gasteiger partial charge < -0.3 is 19.8 Å². The number of rotatable bonds is 7. The Morgan fingerprint density at radius 2 is 2.00 bits per heavy atom.